The average molecular weight is 474 g/mol. The van der Waals surface area contributed by atoms with E-state index in [1.165, 1.54) is 20.4 Å². The fourth-order valence-corrected chi connectivity index (χ4v) is 4.37. The van der Waals surface area contributed by atoms with Crippen LogP contribution in [-0.4, -0.2) is 46.7 Å². The summed E-state index contributed by atoms with van der Waals surface area (Å²) in [6.45, 7) is 1.12. The zero-order chi connectivity index (χ0) is 22.4. The van der Waals surface area contributed by atoms with Crippen LogP contribution < -0.4 is 19.5 Å². The number of aromatic amines is 1. The molecule has 164 valence electrons. The molecule has 2 N–H and O–H groups in total. The van der Waals surface area contributed by atoms with E-state index in [4.69, 9.17) is 37.4 Å². The zero-order valence-electron chi connectivity index (χ0n) is 17.0. The fraction of sp³-hybridized carbons (Fsp3) is 0.190. The molecule has 0 saturated heterocycles. The first kappa shape index (κ1) is 20.5. The van der Waals surface area contributed by atoms with Crippen LogP contribution in [0, 0.1) is 0 Å². The van der Waals surface area contributed by atoms with Crippen LogP contribution in [0.1, 0.15) is 10.4 Å². The molecule has 0 radical (unpaired) electrons. The average Bonchev–Trinajstić information content (AvgIpc) is 3.50. The lowest BCUT2D eigenvalue weighted by atomic mass is 10.0. The van der Waals surface area contributed by atoms with E-state index in [0.717, 1.165) is 5.56 Å². The lowest BCUT2D eigenvalue weighted by Crippen LogP contribution is -2.12. The summed E-state index contributed by atoms with van der Waals surface area (Å²) in [6.07, 6.45) is 1.48. The van der Waals surface area contributed by atoms with Crippen molar-refractivity contribution in [2.24, 2.45) is 0 Å². The number of halogens is 2. The minimum Gasteiger partial charge on any atom is -0.495 e. The highest BCUT2D eigenvalue weighted by Crippen LogP contribution is 2.46. The number of methoxy groups -OCH3 is 2. The number of carbonyl (C=O) groups excluding carboxylic acids is 1. The quantitative estimate of drug-likeness (QED) is 0.445. The zero-order valence-corrected chi connectivity index (χ0v) is 18.5. The summed E-state index contributed by atoms with van der Waals surface area (Å²) in [6, 6.07) is 7.12. The second-order valence-electron chi connectivity index (χ2n) is 7.01. The second kappa shape index (κ2) is 7.92. The number of nitrogens with one attached hydrogen (secondary N) is 2. The first-order chi connectivity index (χ1) is 15.5. The number of hydrogen-bond acceptors (Lipinski definition) is 6. The van der Waals surface area contributed by atoms with E-state index >= 15 is 0 Å². The number of ether oxygens (including phenoxy) is 3. The summed E-state index contributed by atoms with van der Waals surface area (Å²) in [5.74, 6) is 1.37. The number of H-pyrrole nitrogens is 1. The molecular weight excluding hydrogens is 457 g/mol. The van der Waals surface area contributed by atoms with Crippen molar-refractivity contribution in [1.29, 1.82) is 0 Å². The molecule has 9 nitrogen and oxygen atoms in total. The molecule has 4 aromatic rings. The minimum atomic E-state index is -0.353. The molecule has 1 aliphatic heterocycles. The predicted molar refractivity (Wildman–Crippen MR) is 120 cm³/mol. The van der Waals surface area contributed by atoms with Crippen LogP contribution in [0.4, 0.5) is 5.82 Å². The normalized spacial score (nSPS) is 12.5. The van der Waals surface area contributed by atoms with Gasteiger partial charge in [-0.2, -0.15) is 10.2 Å². The van der Waals surface area contributed by atoms with E-state index in [-0.39, 0.29) is 5.91 Å². The van der Waals surface area contributed by atoms with Crippen molar-refractivity contribution in [2.45, 2.75) is 6.54 Å². The van der Waals surface area contributed by atoms with Gasteiger partial charge < -0.3 is 19.5 Å². The molecule has 0 atom stereocenters. The van der Waals surface area contributed by atoms with Crippen LogP contribution in [-0.2, 0) is 6.54 Å². The first-order valence-electron chi connectivity index (χ1n) is 9.60. The van der Waals surface area contributed by atoms with Crippen LogP contribution in [0.15, 0.2) is 30.5 Å². The van der Waals surface area contributed by atoms with Crippen molar-refractivity contribution in [2.75, 3.05) is 26.1 Å². The molecular formula is C21H17Cl2N5O4. The molecule has 32 heavy (non-hydrogen) atoms. The molecule has 2 aromatic heterocycles. The fourth-order valence-electron chi connectivity index (χ4n) is 3.65. The largest absolute Gasteiger partial charge is 0.495 e. The highest BCUT2D eigenvalue weighted by Gasteiger charge is 2.24. The van der Waals surface area contributed by atoms with Gasteiger partial charge in [-0.25, -0.2) is 4.68 Å². The van der Waals surface area contributed by atoms with Crippen LogP contribution in [0.3, 0.4) is 0 Å². The summed E-state index contributed by atoms with van der Waals surface area (Å²) in [5.41, 5.74) is 2.34. The summed E-state index contributed by atoms with van der Waals surface area (Å²) in [4.78, 5) is 12.7. The summed E-state index contributed by atoms with van der Waals surface area (Å²) < 4.78 is 17.8. The number of hydrogen-bond donors (Lipinski definition) is 2. The third kappa shape index (κ3) is 3.21. The van der Waals surface area contributed by atoms with E-state index in [9.17, 15) is 4.79 Å². The van der Waals surface area contributed by atoms with Gasteiger partial charge in [0.1, 0.15) is 23.7 Å². The summed E-state index contributed by atoms with van der Waals surface area (Å²) >= 11 is 13.1. The van der Waals surface area contributed by atoms with E-state index in [1.807, 2.05) is 18.2 Å². The Morgan fingerprint density at radius 1 is 1.19 bits per heavy atom. The molecule has 1 amide bonds. The van der Waals surface area contributed by atoms with Crippen molar-refractivity contribution in [1.82, 2.24) is 20.0 Å². The third-order valence-corrected chi connectivity index (χ3v) is 5.99. The Kier molecular flexibility index (Phi) is 5.07. The topological polar surface area (TPSA) is 103 Å². The van der Waals surface area contributed by atoms with Crippen molar-refractivity contribution < 1.29 is 19.0 Å². The number of amides is 1. The highest BCUT2D eigenvalue weighted by atomic mass is 35.5. The number of aromatic nitrogens is 4. The number of carbonyl (C=O) groups is 1. The van der Waals surface area contributed by atoms with Gasteiger partial charge in [-0.3, -0.25) is 9.89 Å². The van der Waals surface area contributed by atoms with Gasteiger partial charge in [0.25, 0.3) is 5.91 Å². The SMILES string of the molecule is COc1cc(OC)c(Cl)c(-c2ccc3c(NC(=O)c4cnn5c4OCC5)n[nH]c3c2)c1Cl. The van der Waals surface area contributed by atoms with Crippen LogP contribution in [0.25, 0.3) is 22.0 Å². The van der Waals surface area contributed by atoms with Crippen molar-refractivity contribution in [3.8, 4) is 28.5 Å². The van der Waals surface area contributed by atoms with E-state index in [0.29, 0.717) is 68.4 Å². The molecule has 1 aliphatic rings. The highest BCUT2D eigenvalue weighted by molar-refractivity contribution is 6.41. The molecule has 2 aromatic carbocycles. The van der Waals surface area contributed by atoms with E-state index in [1.54, 1.807) is 10.7 Å². The number of nitrogens with zero attached hydrogens (tertiary/aromatic N) is 3. The number of rotatable bonds is 5. The van der Waals surface area contributed by atoms with Crippen molar-refractivity contribution in [3.63, 3.8) is 0 Å². The van der Waals surface area contributed by atoms with E-state index in [2.05, 4.69) is 20.6 Å². The molecule has 0 aliphatic carbocycles. The Labute approximate surface area is 192 Å². The summed E-state index contributed by atoms with van der Waals surface area (Å²) in [7, 11) is 3.04. The standard InChI is InChI=1S/C21H17Cl2N5O4/c1-30-14-8-15(31-2)18(23)16(17(14)22)10-3-4-11-13(7-10)26-27-19(11)25-20(29)12-9-24-28-5-6-32-21(12)28/h3-4,7-9H,5-6H2,1-2H3,(H2,25,26,27,29). The van der Waals surface area contributed by atoms with Gasteiger partial charge in [0.2, 0.25) is 5.88 Å². The van der Waals surface area contributed by atoms with Gasteiger partial charge in [0.05, 0.1) is 42.5 Å². The van der Waals surface area contributed by atoms with Crippen LogP contribution in [0.5, 0.6) is 17.4 Å². The molecule has 5 rings (SSSR count). The Balaban J connectivity index is 1.50. The monoisotopic (exact) mass is 473 g/mol. The number of fused-ring (bicyclic) bond motifs is 2. The molecule has 3 heterocycles. The van der Waals surface area contributed by atoms with Gasteiger partial charge in [-0.1, -0.05) is 29.3 Å². The van der Waals surface area contributed by atoms with Gasteiger partial charge >= 0.3 is 0 Å². The molecule has 0 unspecified atom stereocenters. The molecule has 0 fully saturated rings. The maximum Gasteiger partial charge on any atom is 0.264 e. The van der Waals surface area contributed by atoms with Gasteiger partial charge in [-0.05, 0) is 17.7 Å². The Morgan fingerprint density at radius 2 is 1.94 bits per heavy atom. The smallest absolute Gasteiger partial charge is 0.264 e. The first-order valence-corrected chi connectivity index (χ1v) is 10.4. The van der Waals surface area contributed by atoms with Gasteiger partial charge in [0, 0.05) is 17.0 Å². The number of anilines is 1. The summed E-state index contributed by atoms with van der Waals surface area (Å²) in [5, 5.41) is 15.6. The Bertz CT molecular complexity index is 1340. The lowest BCUT2D eigenvalue weighted by Gasteiger charge is -2.14. The van der Waals surface area contributed by atoms with Crippen LogP contribution >= 0.6 is 23.2 Å². The number of benzene rings is 2. The molecule has 11 heteroatoms. The predicted octanol–water partition coefficient (Wildman–Crippen LogP) is 4.40. The minimum absolute atomic E-state index is 0.353. The van der Waals surface area contributed by atoms with Crippen molar-refractivity contribution >= 4 is 45.8 Å². The maximum atomic E-state index is 12.7. The molecule has 0 bridgehead atoms. The van der Waals surface area contributed by atoms with Crippen molar-refractivity contribution in [3.05, 3.63) is 46.1 Å². The van der Waals surface area contributed by atoms with E-state index < -0.39 is 0 Å². The second-order valence-corrected chi connectivity index (χ2v) is 7.76. The van der Waals surface area contributed by atoms with Crippen LogP contribution in [0.2, 0.25) is 10.0 Å². The van der Waals surface area contributed by atoms with Gasteiger partial charge in [0.15, 0.2) is 5.82 Å². The molecule has 0 saturated carbocycles. The molecule has 0 spiro atoms. The lowest BCUT2D eigenvalue weighted by molar-refractivity contribution is 0.102. The Morgan fingerprint density at radius 3 is 2.66 bits per heavy atom. The third-order valence-electron chi connectivity index (χ3n) is 5.23. The Hall–Kier alpha value is -3.43. The maximum absolute atomic E-state index is 12.7. The van der Waals surface area contributed by atoms with Gasteiger partial charge in [-0.15, -0.1) is 0 Å².